The van der Waals surface area contributed by atoms with E-state index in [0.29, 0.717) is 11.9 Å². The lowest BCUT2D eigenvalue weighted by Gasteiger charge is -2.37. The molecular weight excluding hydrogens is 318 g/mol. The molecule has 25 heavy (non-hydrogen) atoms. The van der Waals surface area contributed by atoms with E-state index in [1.807, 2.05) is 29.2 Å². The highest BCUT2D eigenvalue weighted by molar-refractivity contribution is 5.90. The Morgan fingerprint density at radius 1 is 1.20 bits per heavy atom. The number of piperidine rings is 1. The molecule has 1 aromatic carbocycles. The van der Waals surface area contributed by atoms with Gasteiger partial charge in [0.2, 0.25) is 12.3 Å². The van der Waals surface area contributed by atoms with E-state index in [4.69, 9.17) is 4.42 Å². The standard InChI is InChI=1S/C18H23N5O2/c24-18(23-10-4-7-16(12-23)22-8-1-2-9-22)20-15-6-3-5-14(11-15)17-21-19-13-25-17/h3,5-6,11,13,16H,1-2,4,7-10,12H2,(H,20,24). The minimum absolute atomic E-state index is 0.0356. The Labute approximate surface area is 147 Å². The first kappa shape index (κ1) is 16.1. The second kappa shape index (κ2) is 7.23. The quantitative estimate of drug-likeness (QED) is 0.929. The van der Waals surface area contributed by atoms with Crippen molar-refractivity contribution in [2.45, 2.75) is 31.7 Å². The SMILES string of the molecule is O=C(Nc1cccc(-c2nnco2)c1)N1CCCC(N2CCCC2)C1. The van der Waals surface area contributed by atoms with Crippen LogP contribution in [0.1, 0.15) is 25.7 Å². The van der Waals surface area contributed by atoms with E-state index in [9.17, 15) is 4.79 Å². The van der Waals surface area contributed by atoms with Crippen molar-refractivity contribution in [3.63, 3.8) is 0 Å². The van der Waals surface area contributed by atoms with Gasteiger partial charge in [0, 0.05) is 30.4 Å². The minimum Gasteiger partial charge on any atom is -0.423 e. The van der Waals surface area contributed by atoms with Crippen LogP contribution in [0.2, 0.25) is 0 Å². The van der Waals surface area contributed by atoms with E-state index < -0.39 is 0 Å². The Balaban J connectivity index is 1.40. The van der Waals surface area contributed by atoms with Gasteiger partial charge in [0.05, 0.1) is 0 Å². The van der Waals surface area contributed by atoms with Crippen LogP contribution in [0, 0.1) is 0 Å². The Morgan fingerprint density at radius 2 is 2.08 bits per heavy atom. The van der Waals surface area contributed by atoms with E-state index in [-0.39, 0.29) is 6.03 Å². The summed E-state index contributed by atoms with van der Waals surface area (Å²) in [6.07, 6.45) is 6.12. The van der Waals surface area contributed by atoms with Crippen LogP contribution in [-0.2, 0) is 0 Å². The molecule has 1 aromatic heterocycles. The summed E-state index contributed by atoms with van der Waals surface area (Å²) < 4.78 is 5.22. The van der Waals surface area contributed by atoms with Gasteiger partial charge in [0.15, 0.2) is 0 Å². The smallest absolute Gasteiger partial charge is 0.321 e. The minimum atomic E-state index is -0.0356. The third-order valence-electron chi connectivity index (χ3n) is 5.06. The highest BCUT2D eigenvalue weighted by Crippen LogP contribution is 2.23. The van der Waals surface area contributed by atoms with Gasteiger partial charge in [-0.2, -0.15) is 0 Å². The number of carbonyl (C=O) groups excluding carboxylic acids is 1. The zero-order valence-electron chi connectivity index (χ0n) is 14.2. The molecule has 1 atom stereocenters. The third kappa shape index (κ3) is 3.66. The van der Waals surface area contributed by atoms with Gasteiger partial charge in [-0.25, -0.2) is 4.79 Å². The van der Waals surface area contributed by atoms with Crippen LogP contribution >= 0.6 is 0 Å². The molecule has 2 aromatic rings. The molecule has 2 aliphatic rings. The molecule has 0 bridgehead atoms. The number of aromatic nitrogens is 2. The molecule has 1 unspecified atom stereocenters. The molecule has 2 amide bonds. The third-order valence-corrected chi connectivity index (χ3v) is 5.06. The predicted molar refractivity (Wildman–Crippen MR) is 94.2 cm³/mol. The van der Waals surface area contributed by atoms with Crippen LogP contribution in [0.15, 0.2) is 35.1 Å². The summed E-state index contributed by atoms with van der Waals surface area (Å²) in [4.78, 5) is 17.1. The molecule has 1 N–H and O–H groups in total. The molecule has 0 aliphatic carbocycles. The van der Waals surface area contributed by atoms with Crippen LogP contribution in [-0.4, -0.2) is 58.2 Å². The number of urea groups is 1. The first-order valence-corrected chi connectivity index (χ1v) is 8.96. The number of hydrogen-bond donors (Lipinski definition) is 1. The molecule has 2 saturated heterocycles. The second-order valence-corrected chi connectivity index (χ2v) is 6.74. The van der Waals surface area contributed by atoms with Crippen molar-refractivity contribution < 1.29 is 9.21 Å². The lowest BCUT2D eigenvalue weighted by atomic mass is 10.0. The summed E-state index contributed by atoms with van der Waals surface area (Å²) >= 11 is 0. The van der Waals surface area contributed by atoms with Gasteiger partial charge in [-0.3, -0.25) is 4.90 Å². The van der Waals surface area contributed by atoms with Gasteiger partial charge in [-0.15, -0.1) is 10.2 Å². The summed E-state index contributed by atoms with van der Waals surface area (Å²) in [6, 6.07) is 7.96. The Hall–Kier alpha value is -2.41. The monoisotopic (exact) mass is 341 g/mol. The highest BCUT2D eigenvalue weighted by atomic mass is 16.4. The topological polar surface area (TPSA) is 74.5 Å². The van der Waals surface area contributed by atoms with Gasteiger partial charge in [0.1, 0.15) is 0 Å². The summed E-state index contributed by atoms with van der Waals surface area (Å²) in [6.45, 7) is 3.98. The van der Waals surface area contributed by atoms with Gasteiger partial charge in [-0.05, 0) is 57.0 Å². The predicted octanol–water partition coefficient (Wildman–Crippen LogP) is 2.83. The van der Waals surface area contributed by atoms with E-state index in [2.05, 4.69) is 20.4 Å². The molecule has 0 saturated carbocycles. The number of nitrogens with zero attached hydrogens (tertiary/aromatic N) is 4. The number of amides is 2. The molecular formula is C18H23N5O2. The molecule has 0 spiro atoms. The Morgan fingerprint density at radius 3 is 2.88 bits per heavy atom. The lowest BCUT2D eigenvalue weighted by Crippen LogP contribution is -2.50. The summed E-state index contributed by atoms with van der Waals surface area (Å²) in [5.41, 5.74) is 1.54. The van der Waals surface area contributed by atoms with Crippen molar-refractivity contribution >= 4 is 11.7 Å². The lowest BCUT2D eigenvalue weighted by molar-refractivity contribution is 0.132. The number of nitrogens with one attached hydrogen (secondary N) is 1. The number of rotatable bonds is 3. The van der Waals surface area contributed by atoms with Crippen molar-refractivity contribution in [2.24, 2.45) is 0 Å². The van der Waals surface area contributed by atoms with Crippen molar-refractivity contribution in [1.29, 1.82) is 0 Å². The molecule has 2 fully saturated rings. The molecule has 7 heteroatoms. The second-order valence-electron chi connectivity index (χ2n) is 6.74. The van der Waals surface area contributed by atoms with E-state index in [1.165, 1.54) is 38.7 Å². The molecule has 4 rings (SSSR count). The molecule has 0 radical (unpaired) electrons. The number of hydrogen-bond acceptors (Lipinski definition) is 5. The normalized spacial score (nSPS) is 21.4. The number of carbonyl (C=O) groups is 1. The van der Waals surface area contributed by atoms with Crippen molar-refractivity contribution in [3.8, 4) is 11.5 Å². The van der Waals surface area contributed by atoms with Crippen LogP contribution in [0.3, 0.4) is 0 Å². The maximum atomic E-state index is 12.7. The van der Waals surface area contributed by atoms with Crippen LogP contribution in [0.4, 0.5) is 10.5 Å². The van der Waals surface area contributed by atoms with E-state index in [0.717, 1.165) is 30.8 Å². The Bertz CT molecular complexity index is 712. The zero-order chi connectivity index (χ0) is 17.1. The molecule has 132 valence electrons. The van der Waals surface area contributed by atoms with Crippen LogP contribution in [0.5, 0.6) is 0 Å². The average molecular weight is 341 g/mol. The maximum absolute atomic E-state index is 12.7. The fourth-order valence-electron chi connectivity index (χ4n) is 3.78. The fourth-order valence-corrected chi connectivity index (χ4v) is 3.78. The number of benzene rings is 1. The van der Waals surface area contributed by atoms with Gasteiger partial charge < -0.3 is 14.6 Å². The number of anilines is 1. The Kier molecular flexibility index (Phi) is 4.65. The highest BCUT2D eigenvalue weighted by Gasteiger charge is 2.29. The summed E-state index contributed by atoms with van der Waals surface area (Å²) in [5.74, 6) is 0.447. The zero-order valence-corrected chi connectivity index (χ0v) is 14.2. The fraction of sp³-hybridized carbons (Fsp3) is 0.500. The first-order valence-electron chi connectivity index (χ1n) is 8.96. The largest absolute Gasteiger partial charge is 0.423 e. The van der Waals surface area contributed by atoms with Crippen molar-refractivity contribution in [1.82, 2.24) is 20.0 Å². The van der Waals surface area contributed by atoms with Crippen LogP contribution in [0.25, 0.3) is 11.5 Å². The number of likely N-dealkylation sites (tertiary alicyclic amines) is 2. The molecule has 3 heterocycles. The van der Waals surface area contributed by atoms with Crippen molar-refractivity contribution in [2.75, 3.05) is 31.5 Å². The van der Waals surface area contributed by atoms with E-state index >= 15 is 0 Å². The summed E-state index contributed by atoms with van der Waals surface area (Å²) in [5, 5.41) is 10.6. The van der Waals surface area contributed by atoms with Gasteiger partial charge in [-0.1, -0.05) is 6.07 Å². The molecule has 7 nitrogen and oxygen atoms in total. The van der Waals surface area contributed by atoms with Gasteiger partial charge in [0.25, 0.3) is 0 Å². The molecule has 2 aliphatic heterocycles. The first-order chi connectivity index (χ1) is 12.3. The van der Waals surface area contributed by atoms with Gasteiger partial charge >= 0.3 is 6.03 Å². The van der Waals surface area contributed by atoms with E-state index in [1.54, 1.807) is 0 Å². The summed E-state index contributed by atoms with van der Waals surface area (Å²) in [7, 11) is 0. The maximum Gasteiger partial charge on any atom is 0.321 e. The van der Waals surface area contributed by atoms with Crippen molar-refractivity contribution in [3.05, 3.63) is 30.7 Å². The van der Waals surface area contributed by atoms with Crippen LogP contribution < -0.4 is 5.32 Å². The average Bonchev–Trinajstić information content (AvgIpc) is 3.36.